The van der Waals surface area contributed by atoms with E-state index in [9.17, 15) is 4.21 Å². The Balaban J connectivity index is 1.99. The predicted molar refractivity (Wildman–Crippen MR) is 88.4 cm³/mol. The summed E-state index contributed by atoms with van der Waals surface area (Å²) in [5.41, 5.74) is 0. The van der Waals surface area contributed by atoms with Gasteiger partial charge < -0.3 is 5.32 Å². The Labute approximate surface area is 127 Å². The Bertz CT molecular complexity index is 318. The lowest BCUT2D eigenvalue weighted by molar-refractivity contribution is 0.309. The molecule has 0 saturated heterocycles. The van der Waals surface area contributed by atoms with Crippen LogP contribution in [0, 0.1) is 11.8 Å². The Morgan fingerprint density at radius 2 is 1.80 bits per heavy atom. The summed E-state index contributed by atoms with van der Waals surface area (Å²) in [4.78, 5) is 0. The molecule has 2 rings (SSSR count). The largest absolute Gasteiger partial charge is 0.313 e. The first kappa shape index (κ1) is 16.5. The van der Waals surface area contributed by atoms with Crippen molar-refractivity contribution in [3.63, 3.8) is 0 Å². The van der Waals surface area contributed by atoms with Crippen molar-refractivity contribution in [3.8, 4) is 0 Å². The van der Waals surface area contributed by atoms with Crippen molar-refractivity contribution in [1.82, 2.24) is 5.32 Å². The van der Waals surface area contributed by atoms with Crippen LogP contribution in [-0.4, -0.2) is 27.3 Å². The molecule has 2 aliphatic rings. The second kappa shape index (κ2) is 7.93. The predicted octanol–water partition coefficient (Wildman–Crippen LogP) is 3.87. The summed E-state index contributed by atoms with van der Waals surface area (Å²) >= 11 is 0. The van der Waals surface area contributed by atoms with Crippen molar-refractivity contribution in [2.45, 2.75) is 88.7 Å². The number of hydrogen-bond donors (Lipinski definition) is 1. The SMILES string of the molecule is CCCNC1CCC(C)CC1S(=O)C1CCCC(C)C1. The number of nitrogens with one attached hydrogen (secondary N) is 1. The van der Waals surface area contributed by atoms with E-state index < -0.39 is 10.8 Å². The van der Waals surface area contributed by atoms with Crippen molar-refractivity contribution < 1.29 is 4.21 Å². The van der Waals surface area contributed by atoms with Crippen LogP contribution in [0.4, 0.5) is 0 Å². The molecule has 1 N–H and O–H groups in total. The summed E-state index contributed by atoms with van der Waals surface area (Å²) < 4.78 is 13.1. The number of hydrogen-bond acceptors (Lipinski definition) is 2. The van der Waals surface area contributed by atoms with Gasteiger partial charge in [-0.05, 0) is 56.9 Å². The third-order valence-corrected chi connectivity index (χ3v) is 7.43. The summed E-state index contributed by atoms with van der Waals surface area (Å²) in [6.07, 6.45) is 9.88. The molecule has 0 aromatic carbocycles. The topological polar surface area (TPSA) is 29.1 Å². The highest BCUT2D eigenvalue weighted by Crippen LogP contribution is 2.34. The van der Waals surface area contributed by atoms with Crippen LogP contribution < -0.4 is 5.32 Å². The molecular weight excluding hydrogens is 266 g/mol. The molecule has 3 heteroatoms. The van der Waals surface area contributed by atoms with Gasteiger partial charge in [-0.15, -0.1) is 0 Å². The van der Waals surface area contributed by atoms with E-state index in [0.29, 0.717) is 16.5 Å². The molecule has 6 unspecified atom stereocenters. The maximum Gasteiger partial charge on any atom is 0.0506 e. The second-order valence-electron chi connectivity index (χ2n) is 7.24. The quantitative estimate of drug-likeness (QED) is 0.835. The van der Waals surface area contributed by atoms with Crippen molar-refractivity contribution in [1.29, 1.82) is 0 Å². The molecule has 0 aliphatic heterocycles. The first-order chi connectivity index (χ1) is 9.61. The van der Waals surface area contributed by atoms with Crippen LogP contribution in [0.3, 0.4) is 0 Å². The molecule has 0 radical (unpaired) electrons. The van der Waals surface area contributed by atoms with Gasteiger partial charge in [0, 0.05) is 22.1 Å². The molecular formula is C17H33NOS. The molecule has 2 nitrogen and oxygen atoms in total. The molecule has 0 spiro atoms. The fourth-order valence-electron chi connectivity index (χ4n) is 3.99. The van der Waals surface area contributed by atoms with Gasteiger partial charge in [0.2, 0.25) is 0 Å². The van der Waals surface area contributed by atoms with Crippen LogP contribution in [0.1, 0.15) is 72.1 Å². The first-order valence-corrected chi connectivity index (χ1v) is 10.0. The maximum absolute atomic E-state index is 13.1. The Kier molecular flexibility index (Phi) is 6.54. The van der Waals surface area contributed by atoms with Gasteiger partial charge in [-0.3, -0.25) is 4.21 Å². The molecule has 0 bridgehead atoms. The van der Waals surface area contributed by atoms with E-state index in [1.807, 2.05) is 0 Å². The molecule has 2 saturated carbocycles. The van der Waals surface area contributed by atoms with Crippen LogP contribution in [-0.2, 0) is 10.8 Å². The highest BCUT2D eigenvalue weighted by molar-refractivity contribution is 7.86. The van der Waals surface area contributed by atoms with E-state index in [-0.39, 0.29) is 0 Å². The molecule has 20 heavy (non-hydrogen) atoms. The van der Waals surface area contributed by atoms with E-state index in [0.717, 1.165) is 18.4 Å². The number of rotatable bonds is 5. The van der Waals surface area contributed by atoms with Gasteiger partial charge in [0.15, 0.2) is 0 Å². The Morgan fingerprint density at radius 1 is 1.05 bits per heavy atom. The monoisotopic (exact) mass is 299 g/mol. The molecule has 0 amide bonds. The Hall–Kier alpha value is 0.110. The van der Waals surface area contributed by atoms with Gasteiger partial charge >= 0.3 is 0 Å². The van der Waals surface area contributed by atoms with Gasteiger partial charge in [0.05, 0.1) is 5.25 Å². The van der Waals surface area contributed by atoms with Crippen molar-refractivity contribution in [2.24, 2.45) is 11.8 Å². The standard InChI is InChI=1S/C17H33NOS/c1-4-10-18-16-9-8-14(3)12-17(16)20(19)15-7-5-6-13(2)11-15/h13-18H,4-12H2,1-3H3. The first-order valence-electron chi connectivity index (χ1n) is 8.74. The zero-order chi connectivity index (χ0) is 14.5. The zero-order valence-corrected chi connectivity index (χ0v) is 14.4. The average molecular weight is 300 g/mol. The molecule has 2 fully saturated rings. The van der Waals surface area contributed by atoms with Crippen molar-refractivity contribution in [2.75, 3.05) is 6.54 Å². The molecule has 6 atom stereocenters. The highest BCUT2D eigenvalue weighted by atomic mass is 32.2. The summed E-state index contributed by atoms with van der Waals surface area (Å²) in [6.45, 7) is 7.96. The van der Waals surface area contributed by atoms with E-state index >= 15 is 0 Å². The van der Waals surface area contributed by atoms with Crippen LogP contribution >= 0.6 is 0 Å². The highest BCUT2D eigenvalue weighted by Gasteiger charge is 2.36. The van der Waals surface area contributed by atoms with Crippen molar-refractivity contribution in [3.05, 3.63) is 0 Å². The normalized spacial score (nSPS) is 40.5. The summed E-state index contributed by atoms with van der Waals surface area (Å²) in [7, 11) is -0.630. The summed E-state index contributed by atoms with van der Waals surface area (Å²) in [5, 5.41) is 4.56. The van der Waals surface area contributed by atoms with Gasteiger partial charge in [-0.1, -0.05) is 33.6 Å². The lowest BCUT2D eigenvalue weighted by Gasteiger charge is -2.38. The van der Waals surface area contributed by atoms with E-state index in [1.165, 1.54) is 51.4 Å². The Morgan fingerprint density at radius 3 is 2.50 bits per heavy atom. The fraction of sp³-hybridized carbons (Fsp3) is 1.00. The van der Waals surface area contributed by atoms with Gasteiger partial charge in [-0.25, -0.2) is 0 Å². The van der Waals surface area contributed by atoms with E-state index in [1.54, 1.807) is 0 Å². The minimum Gasteiger partial charge on any atom is -0.313 e. The zero-order valence-electron chi connectivity index (χ0n) is 13.6. The fourth-order valence-corrected chi connectivity index (χ4v) is 6.47. The second-order valence-corrected chi connectivity index (χ2v) is 9.17. The van der Waals surface area contributed by atoms with Gasteiger partial charge in [0.1, 0.15) is 0 Å². The molecule has 118 valence electrons. The lowest BCUT2D eigenvalue weighted by Crippen LogP contribution is -2.48. The molecule has 0 aromatic heterocycles. The average Bonchev–Trinajstić information content (AvgIpc) is 2.45. The lowest BCUT2D eigenvalue weighted by atomic mass is 9.87. The third kappa shape index (κ3) is 4.30. The molecule has 0 aromatic rings. The van der Waals surface area contributed by atoms with E-state index in [2.05, 4.69) is 26.1 Å². The minimum atomic E-state index is -0.630. The van der Waals surface area contributed by atoms with Crippen molar-refractivity contribution >= 4 is 10.8 Å². The van der Waals surface area contributed by atoms with Crippen LogP contribution in [0.15, 0.2) is 0 Å². The smallest absolute Gasteiger partial charge is 0.0506 e. The maximum atomic E-state index is 13.1. The van der Waals surface area contributed by atoms with E-state index in [4.69, 9.17) is 0 Å². The van der Waals surface area contributed by atoms with Crippen LogP contribution in [0.5, 0.6) is 0 Å². The minimum absolute atomic E-state index is 0.403. The third-order valence-electron chi connectivity index (χ3n) is 5.23. The summed E-state index contributed by atoms with van der Waals surface area (Å²) in [6, 6.07) is 0.504. The van der Waals surface area contributed by atoms with Gasteiger partial charge in [-0.2, -0.15) is 0 Å². The molecule has 2 aliphatic carbocycles. The molecule has 0 heterocycles. The van der Waals surface area contributed by atoms with Crippen LogP contribution in [0.2, 0.25) is 0 Å². The van der Waals surface area contributed by atoms with Gasteiger partial charge in [0.25, 0.3) is 0 Å². The summed E-state index contributed by atoms with van der Waals surface area (Å²) in [5.74, 6) is 1.53. The van der Waals surface area contributed by atoms with Crippen LogP contribution in [0.25, 0.3) is 0 Å².